The Hall–Kier alpha value is -1.03. The van der Waals surface area contributed by atoms with Crippen molar-refractivity contribution in [1.29, 1.82) is 4.78 Å². The standard InChI is InChI=1S/C12H17NO2S/c1-9(2)15-10-3-5-11(6-4-10)16(13,14)12-7-8-12/h3-6,9,12-13H,7-8H2,1-2H3. The zero-order valence-corrected chi connectivity index (χ0v) is 10.4. The molecule has 1 atom stereocenters. The van der Waals surface area contributed by atoms with Crippen LogP contribution in [0, 0.1) is 4.78 Å². The quantitative estimate of drug-likeness (QED) is 0.878. The molecule has 0 heterocycles. The summed E-state index contributed by atoms with van der Waals surface area (Å²) in [5.41, 5.74) is 0. The first-order valence-electron chi connectivity index (χ1n) is 5.54. The highest BCUT2D eigenvalue weighted by atomic mass is 32.2. The van der Waals surface area contributed by atoms with E-state index in [0.29, 0.717) is 4.90 Å². The summed E-state index contributed by atoms with van der Waals surface area (Å²) in [6.45, 7) is 3.93. The molecule has 0 aliphatic heterocycles. The van der Waals surface area contributed by atoms with Gasteiger partial charge in [0, 0.05) is 10.1 Å². The highest BCUT2D eigenvalue weighted by Gasteiger charge is 2.33. The van der Waals surface area contributed by atoms with E-state index in [0.717, 1.165) is 18.6 Å². The monoisotopic (exact) mass is 239 g/mol. The van der Waals surface area contributed by atoms with Gasteiger partial charge in [-0.25, -0.2) is 8.99 Å². The smallest absolute Gasteiger partial charge is 0.119 e. The molecule has 3 nitrogen and oxygen atoms in total. The molecule has 1 unspecified atom stereocenters. The second-order valence-corrected chi connectivity index (χ2v) is 6.78. The van der Waals surface area contributed by atoms with Crippen LogP contribution in [0.5, 0.6) is 5.75 Å². The van der Waals surface area contributed by atoms with E-state index in [-0.39, 0.29) is 11.4 Å². The fourth-order valence-electron chi connectivity index (χ4n) is 1.58. The molecule has 1 fully saturated rings. The van der Waals surface area contributed by atoms with Gasteiger partial charge in [-0.2, -0.15) is 0 Å². The maximum atomic E-state index is 12.1. The van der Waals surface area contributed by atoms with Crippen molar-refractivity contribution in [2.75, 3.05) is 0 Å². The fraction of sp³-hybridized carbons (Fsp3) is 0.500. The van der Waals surface area contributed by atoms with Crippen LogP contribution in [0.25, 0.3) is 0 Å². The number of ether oxygens (including phenoxy) is 1. The van der Waals surface area contributed by atoms with Crippen molar-refractivity contribution in [2.45, 2.75) is 42.9 Å². The molecule has 1 aliphatic carbocycles. The highest BCUT2D eigenvalue weighted by molar-refractivity contribution is 7.93. The van der Waals surface area contributed by atoms with Crippen LogP contribution in [0.3, 0.4) is 0 Å². The molecule has 0 bridgehead atoms. The summed E-state index contributed by atoms with van der Waals surface area (Å²) >= 11 is 0. The van der Waals surface area contributed by atoms with Crippen LogP contribution in [-0.2, 0) is 9.73 Å². The second-order valence-electron chi connectivity index (χ2n) is 4.44. The Balaban J connectivity index is 2.19. The normalized spacial score (nSPS) is 19.4. The van der Waals surface area contributed by atoms with Gasteiger partial charge in [-0.15, -0.1) is 0 Å². The largest absolute Gasteiger partial charge is 0.491 e. The van der Waals surface area contributed by atoms with E-state index in [9.17, 15) is 4.21 Å². The van der Waals surface area contributed by atoms with Gasteiger partial charge in [-0.05, 0) is 51.0 Å². The van der Waals surface area contributed by atoms with Gasteiger partial charge in [0.15, 0.2) is 0 Å². The van der Waals surface area contributed by atoms with Crippen LogP contribution < -0.4 is 4.74 Å². The summed E-state index contributed by atoms with van der Waals surface area (Å²) in [5, 5.41) is 0.0735. The maximum absolute atomic E-state index is 12.1. The minimum Gasteiger partial charge on any atom is -0.491 e. The number of rotatable bonds is 4. The summed E-state index contributed by atoms with van der Waals surface area (Å²) in [7, 11) is -2.57. The van der Waals surface area contributed by atoms with Crippen molar-refractivity contribution in [3.63, 3.8) is 0 Å². The molecule has 2 rings (SSSR count). The summed E-state index contributed by atoms with van der Waals surface area (Å²) in [4.78, 5) is 0.631. The van der Waals surface area contributed by atoms with E-state index in [1.165, 1.54) is 0 Å². The van der Waals surface area contributed by atoms with Crippen LogP contribution in [0.1, 0.15) is 26.7 Å². The van der Waals surface area contributed by atoms with Crippen LogP contribution in [-0.4, -0.2) is 15.6 Å². The zero-order valence-electron chi connectivity index (χ0n) is 9.60. The van der Waals surface area contributed by atoms with Gasteiger partial charge in [0.05, 0.1) is 15.8 Å². The van der Waals surface area contributed by atoms with E-state index in [1.807, 2.05) is 13.8 Å². The van der Waals surface area contributed by atoms with Crippen LogP contribution >= 0.6 is 0 Å². The number of nitrogens with one attached hydrogen (secondary N) is 1. The van der Waals surface area contributed by atoms with Crippen molar-refractivity contribution in [2.24, 2.45) is 0 Å². The van der Waals surface area contributed by atoms with Gasteiger partial charge < -0.3 is 4.74 Å². The SMILES string of the molecule is CC(C)Oc1ccc(S(=N)(=O)C2CC2)cc1. The van der Waals surface area contributed by atoms with E-state index in [1.54, 1.807) is 24.3 Å². The van der Waals surface area contributed by atoms with Crippen molar-refractivity contribution in [3.8, 4) is 5.75 Å². The molecule has 1 saturated carbocycles. The summed E-state index contributed by atoms with van der Waals surface area (Å²) in [6.07, 6.45) is 1.98. The molecule has 16 heavy (non-hydrogen) atoms. The van der Waals surface area contributed by atoms with E-state index in [2.05, 4.69) is 0 Å². The van der Waals surface area contributed by atoms with Crippen LogP contribution in [0.15, 0.2) is 29.2 Å². The lowest BCUT2D eigenvalue weighted by Crippen LogP contribution is -2.07. The van der Waals surface area contributed by atoms with Gasteiger partial charge in [0.1, 0.15) is 5.75 Å². The lowest BCUT2D eigenvalue weighted by Gasteiger charge is -2.11. The Kier molecular flexibility index (Phi) is 2.93. The molecule has 1 aromatic carbocycles. The van der Waals surface area contributed by atoms with Crippen molar-refractivity contribution >= 4 is 9.73 Å². The highest BCUT2D eigenvalue weighted by Crippen LogP contribution is 2.34. The summed E-state index contributed by atoms with van der Waals surface area (Å²) in [5.74, 6) is 0.768. The van der Waals surface area contributed by atoms with Gasteiger partial charge in [0.2, 0.25) is 0 Å². The Morgan fingerprint density at radius 1 is 1.31 bits per heavy atom. The van der Waals surface area contributed by atoms with Crippen molar-refractivity contribution in [1.82, 2.24) is 0 Å². The molecule has 4 heteroatoms. The summed E-state index contributed by atoms with van der Waals surface area (Å²) in [6, 6.07) is 7.11. The third kappa shape index (κ3) is 2.38. The van der Waals surface area contributed by atoms with Crippen molar-refractivity contribution < 1.29 is 8.95 Å². The Morgan fingerprint density at radius 3 is 2.31 bits per heavy atom. The fourth-order valence-corrected chi connectivity index (χ4v) is 3.31. The third-order valence-electron chi connectivity index (χ3n) is 2.54. The van der Waals surface area contributed by atoms with Gasteiger partial charge in [-0.3, -0.25) is 0 Å². The van der Waals surface area contributed by atoms with Crippen LogP contribution in [0.4, 0.5) is 0 Å². The van der Waals surface area contributed by atoms with E-state index in [4.69, 9.17) is 9.52 Å². The zero-order chi connectivity index (χ0) is 11.8. The summed E-state index contributed by atoms with van der Waals surface area (Å²) < 4.78 is 25.5. The Morgan fingerprint density at radius 2 is 1.88 bits per heavy atom. The third-order valence-corrected chi connectivity index (χ3v) is 4.92. The first-order chi connectivity index (χ1) is 7.50. The lowest BCUT2D eigenvalue weighted by atomic mass is 10.3. The minimum atomic E-state index is -2.57. The molecule has 0 spiro atoms. The van der Waals surface area contributed by atoms with E-state index >= 15 is 0 Å². The first-order valence-corrected chi connectivity index (χ1v) is 7.16. The first kappa shape index (κ1) is 11.5. The maximum Gasteiger partial charge on any atom is 0.119 e. The molecule has 88 valence electrons. The minimum absolute atomic E-state index is 0.0735. The number of hydrogen-bond donors (Lipinski definition) is 1. The molecule has 0 amide bonds. The molecule has 1 aromatic rings. The molecular formula is C12H17NO2S. The molecule has 0 saturated heterocycles. The number of hydrogen-bond acceptors (Lipinski definition) is 3. The molecule has 1 N–H and O–H groups in total. The van der Waals surface area contributed by atoms with E-state index < -0.39 is 9.73 Å². The second kappa shape index (κ2) is 4.09. The predicted octanol–water partition coefficient (Wildman–Crippen LogP) is 3.04. The topological polar surface area (TPSA) is 50.1 Å². The lowest BCUT2D eigenvalue weighted by molar-refractivity contribution is 0.242. The molecule has 0 aromatic heterocycles. The Labute approximate surface area is 96.8 Å². The Bertz CT molecular complexity index is 458. The average Bonchev–Trinajstić information content (AvgIpc) is 3.00. The molecular weight excluding hydrogens is 222 g/mol. The predicted molar refractivity (Wildman–Crippen MR) is 64.4 cm³/mol. The number of benzene rings is 1. The van der Waals surface area contributed by atoms with Gasteiger partial charge >= 0.3 is 0 Å². The van der Waals surface area contributed by atoms with Gasteiger partial charge in [-0.1, -0.05) is 0 Å². The van der Waals surface area contributed by atoms with Gasteiger partial charge in [0.25, 0.3) is 0 Å². The molecule has 0 radical (unpaired) electrons. The average molecular weight is 239 g/mol. The molecule has 1 aliphatic rings. The van der Waals surface area contributed by atoms with Crippen molar-refractivity contribution in [3.05, 3.63) is 24.3 Å². The van der Waals surface area contributed by atoms with Crippen LogP contribution in [0.2, 0.25) is 0 Å².